The van der Waals surface area contributed by atoms with Gasteiger partial charge in [0.25, 0.3) is 0 Å². The highest BCUT2D eigenvalue weighted by atomic mass is 79.9. The van der Waals surface area contributed by atoms with Crippen LogP contribution in [0, 0.1) is 0 Å². The number of benzene rings is 1. The third-order valence-electron chi connectivity index (χ3n) is 2.81. The van der Waals surface area contributed by atoms with Crippen LogP contribution in [0.2, 0.25) is 0 Å². The van der Waals surface area contributed by atoms with Crippen molar-refractivity contribution in [3.63, 3.8) is 0 Å². The number of carbonyl (C=O) groups excluding carboxylic acids is 2. The molecule has 0 aromatic heterocycles. The summed E-state index contributed by atoms with van der Waals surface area (Å²) in [6.07, 6.45) is 2.54. The summed E-state index contributed by atoms with van der Waals surface area (Å²) in [5.74, 6) is -0.492. The monoisotopic (exact) mass is 338 g/mol. The summed E-state index contributed by atoms with van der Waals surface area (Å²) >= 11 is 3.32. The number of carbonyl (C=O) groups is 2. The van der Waals surface area contributed by atoms with Crippen molar-refractivity contribution in [1.29, 1.82) is 0 Å². The molecular weight excluding hydrogens is 324 g/mol. The summed E-state index contributed by atoms with van der Waals surface area (Å²) in [6.45, 7) is 2.23. The highest BCUT2D eigenvalue weighted by Gasteiger charge is 2.14. The van der Waals surface area contributed by atoms with Crippen molar-refractivity contribution in [2.45, 2.75) is 0 Å². The zero-order chi connectivity index (χ0) is 14.4. The van der Waals surface area contributed by atoms with E-state index < -0.39 is 0 Å². The summed E-state index contributed by atoms with van der Waals surface area (Å²) in [6, 6.07) is 7.22. The van der Waals surface area contributed by atoms with Gasteiger partial charge in [-0.1, -0.05) is 15.9 Å². The van der Waals surface area contributed by atoms with Gasteiger partial charge in [-0.25, -0.2) is 0 Å². The Hall–Kier alpha value is -1.66. The molecule has 20 heavy (non-hydrogen) atoms. The highest BCUT2D eigenvalue weighted by molar-refractivity contribution is 9.10. The molecule has 0 unspecified atom stereocenters. The summed E-state index contributed by atoms with van der Waals surface area (Å²) in [4.78, 5) is 25.1. The molecular formula is C14H15BrN2O3. The molecule has 1 saturated heterocycles. The minimum absolute atomic E-state index is 0.167. The summed E-state index contributed by atoms with van der Waals surface area (Å²) in [7, 11) is 0. The Labute approximate surface area is 125 Å². The maximum atomic E-state index is 11.8. The number of ether oxygens (including phenoxy) is 1. The number of rotatable bonds is 3. The number of anilines is 1. The van der Waals surface area contributed by atoms with E-state index in [4.69, 9.17) is 4.74 Å². The van der Waals surface area contributed by atoms with E-state index in [1.165, 1.54) is 12.2 Å². The Balaban J connectivity index is 1.85. The van der Waals surface area contributed by atoms with Gasteiger partial charge in [-0.15, -0.1) is 0 Å². The summed E-state index contributed by atoms with van der Waals surface area (Å²) in [5.41, 5.74) is 0.682. The highest BCUT2D eigenvalue weighted by Crippen LogP contribution is 2.13. The topological polar surface area (TPSA) is 58.6 Å². The van der Waals surface area contributed by atoms with Crippen LogP contribution in [0.1, 0.15) is 0 Å². The molecule has 106 valence electrons. The van der Waals surface area contributed by atoms with Gasteiger partial charge in [0.15, 0.2) is 0 Å². The van der Waals surface area contributed by atoms with Crippen LogP contribution >= 0.6 is 15.9 Å². The molecule has 1 aliphatic rings. The SMILES string of the molecule is O=C(/C=C\C(=O)N1CCOCC1)Nc1ccc(Br)cc1. The zero-order valence-electron chi connectivity index (χ0n) is 10.8. The Morgan fingerprint density at radius 3 is 2.45 bits per heavy atom. The predicted octanol–water partition coefficient (Wildman–Crippen LogP) is 1.80. The Morgan fingerprint density at radius 1 is 1.15 bits per heavy atom. The Morgan fingerprint density at radius 2 is 1.80 bits per heavy atom. The van der Waals surface area contributed by atoms with Crippen LogP contribution in [-0.2, 0) is 14.3 Å². The van der Waals surface area contributed by atoms with Gasteiger partial charge in [0, 0.05) is 35.4 Å². The van der Waals surface area contributed by atoms with Crippen molar-refractivity contribution in [3.8, 4) is 0 Å². The fourth-order valence-electron chi connectivity index (χ4n) is 1.75. The standard InChI is InChI=1S/C14H15BrN2O3/c15-11-1-3-12(4-2-11)16-13(18)5-6-14(19)17-7-9-20-10-8-17/h1-6H,7-10H2,(H,16,18)/b6-5-. The fraction of sp³-hybridized carbons (Fsp3) is 0.286. The van der Waals surface area contributed by atoms with Gasteiger partial charge in [-0.2, -0.15) is 0 Å². The fourth-order valence-corrected chi connectivity index (χ4v) is 2.02. The van der Waals surface area contributed by atoms with Crippen LogP contribution in [0.15, 0.2) is 40.9 Å². The van der Waals surface area contributed by atoms with Crippen LogP contribution in [0.3, 0.4) is 0 Å². The minimum atomic E-state index is -0.325. The molecule has 0 bridgehead atoms. The third kappa shape index (κ3) is 4.47. The van der Waals surface area contributed by atoms with Gasteiger partial charge >= 0.3 is 0 Å². The van der Waals surface area contributed by atoms with Crippen molar-refractivity contribution >= 4 is 33.4 Å². The minimum Gasteiger partial charge on any atom is -0.378 e. The molecule has 0 aliphatic carbocycles. The Bertz CT molecular complexity index is 508. The molecule has 0 saturated carbocycles. The second kappa shape index (κ2) is 7.21. The lowest BCUT2D eigenvalue weighted by molar-refractivity contribution is -0.130. The molecule has 5 nitrogen and oxygen atoms in total. The van der Waals surface area contributed by atoms with Gasteiger partial charge in [-0.05, 0) is 24.3 Å². The number of nitrogens with one attached hydrogen (secondary N) is 1. The smallest absolute Gasteiger partial charge is 0.248 e. The van der Waals surface area contributed by atoms with Crippen molar-refractivity contribution in [1.82, 2.24) is 4.90 Å². The molecule has 1 aromatic carbocycles. The second-order valence-corrected chi connectivity index (χ2v) is 5.18. The van der Waals surface area contributed by atoms with E-state index >= 15 is 0 Å². The van der Waals surface area contributed by atoms with Crippen molar-refractivity contribution < 1.29 is 14.3 Å². The first kappa shape index (κ1) is 14.7. The van der Waals surface area contributed by atoms with Gasteiger partial charge in [-0.3, -0.25) is 9.59 Å². The van der Waals surface area contributed by atoms with Gasteiger partial charge in [0.2, 0.25) is 11.8 Å². The van der Waals surface area contributed by atoms with E-state index in [9.17, 15) is 9.59 Å². The molecule has 0 atom stereocenters. The number of halogens is 1. The molecule has 1 aromatic rings. The first-order chi connectivity index (χ1) is 9.65. The molecule has 6 heteroatoms. The third-order valence-corrected chi connectivity index (χ3v) is 3.34. The van der Waals surface area contributed by atoms with Crippen molar-refractivity contribution in [2.75, 3.05) is 31.6 Å². The average Bonchev–Trinajstić information content (AvgIpc) is 2.48. The Kier molecular flexibility index (Phi) is 5.31. The molecule has 1 N–H and O–H groups in total. The van der Waals surface area contributed by atoms with E-state index in [0.717, 1.165) is 4.47 Å². The lowest BCUT2D eigenvalue weighted by Gasteiger charge is -2.25. The first-order valence-corrected chi connectivity index (χ1v) is 7.06. The normalized spacial score (nSPS) is 15.3. The van der Waals surface area contributed by atoms with Crippen LogP contribution < -0.4 is 5.32 Å². The maximum Gasteiger partial charge on any atom is 0.248 e. The van der Waals surface area contributed by atoms with Crippen LogP contribution in [0.25, 0.3) is 0 Å². The second-order valence-electron chi connectivity index (χ2n) is 4.27. The van der Waals surface area contributed by atoms with E-state index in [-0.39, 0.29) is 11.8 Å². The van der Waals surface area contributed by atoms with Crippen molar-refractivity contribution in [2.24, 2.45) is 0 Å². The summed E-state index contributed by atoms with van der Waals surface area (Å²) < 4.78 is 6.10. The zero-order valence-corrected chi connectivity index (χ0v) is 12.4. The molecule has 2 amide bonds. The van der Waals surface area contributed by atoms with E-state index in [1.807, 2.05) is 12.1 Å². The van der Waals surface area contributed by atoms with E-state index in [0.29, 0.717) is 32.0 Å². The average molecular weight is 339 g/mol. The molecule has 1 fully saturated rings. The molecule has 1 aliphatic heterocycles. The van der Waals surface area contributed by atoms with Crippen LogP contribution in [-0.4, -0.2) is 43.0 Å². The van der Waals surface area contributed by atoms with Gasteiger partial charge in [0.05, 0.1) is 13.2 Å². The lowest BCUT2D eigenvalue weighted by Crippen LogP contribution is -2.39. The number of hydrogen-bond donors (Lipinski definition) is 1. The van der Waals surface area contributed by atoms with E-state index in [2.05, 4.69) is 21.2 Å². The molecule has 0 radical (unpaired) electrons. The lowest BCUT2D eigenvalue weighted by atomic mass is 10.3. The maximum absolute atomic E-state index is 11.8. The molecule has 1 heterocycles. The quantitative estimate of drug-likeness (QED) is 0.855. The van der Waals surface area contributed by atoms with E-state index in [1.54, 1.807) is 17.0 Å². The summed E-state index contributed by atoms with van der Waals surface area (Å²) in [5, 5.41) is 2.69. The van der Waals surface area contributed by atoms with Gasteiger partial charge < -0.3 is 15.0 Å². The van der Waals surface area contributed by atoms with Gasteiger partial charge in [0.1, 0.15) is 0 Å². The largest absolute Gasteiger partial charge is 0.378 e. The van der Waals surface area contributed by atoms with Crippen LogP contribution in [0.4, 0.5) is 5.69 Å². The number of amides is 2. The molecule has 0 spiro atoms. The first-order valence-electron chi connectivity index (χ1n) is 6.26. The number of hydrogen-bond acceptors (Lipinski definition) is 3. The number of morpholine rings is 1. The number of nitrogens with zero attached hydrogens (tertiary/aromatic N) is 1. The predicted molar refractivity (Wildman–Crippen MR) is 79.3 cm³/mol. The van der Waals surface area contributed by atoms with Crippen molar-refractivity contribution in [3.05, 3.63) is 40.9 Å². The molecule has 2 rings (SSSR count). The van der Waals surface area contributed by atoms with Crippen LogP contribution in [0.5, 0.6) is 0 Å².